The highest BCUT2D eigenvalue weighted by molar-refractivity contribution is 8.00. The molecule has 1 saturated heterocycles. The molecule has 1 fully saturated rings. The number of likely N-dealkylation sites (tertiary alicyclic amines) is 1. The van der Waals surface area contributed by atoms with Crippen molar-refractivity contribution >= 4 is 11.8 Å². The number of nitrogens with one attached hydrogen (secondary N) is 1. The minimum absolute atomic E-state index is 0.0471. The van der Waals surface area contributed by atoms with E-state index in [1.54, 1.807) is 0 Å². The maximum Gasteiger partial charge on any atom is 0.441 e. The molecule has 0 aliphatic carbocycles. The maximum atomic E-state index is 11.8. The summed E-state index contributed by atoms with van der Waals surface area (Å²) in [6.07, 6.45) is 4.89. The van der Waals surface area contributed by atoms with Gasteiger partial charge in [0.05, 0.1) is 0 Å². The number of hydrogen-bond donors (Lipinski definition) is 1. The van der Waals surface area contributed by atoms with Gasteiger partial charge in [0.15, 0.2) is 0 Å². The van der Waals surface area contributed by atoms with Gasteiger partial charge in [-0.15, -0.1) is 0 Å². The Morgan fingerprint density at radius 2 is 2.06 bits per heavy atom. The molecule has 1 aliphatic heterocycles. The summed E-state index contributed by atoms with van der Waals surface area (Å²) >= 11 is 0.0471. The highest BCUT2D eigenvalue weighted by Gasteiger charge is 2.27. The second kappa shape index (κ2) is 8.27. The number of nitrogens with zero attached hydrogens (tertiary/aromatic N) is 1. The second-order valence-corrected chi connectivity index (χ2v) is 5.94. The molecule has 0 saturated carbocycles. The molecule has 2 nitrogen and oxygen atoms in total. The molecule has 0 aromatic rings. The summed E-state index contributed by atoms with van der Waals surface area (Å²) in [6.45, 7) is 5.72. The van der Waals surface area contributed by atoms with Gasteiger partial charge in [0.2, 0.25) is 0 Å². The van der Waals surface area contributed by atoms with Crippen molar-refractivity contribution in [2.24, 2.45) is 0 Å². The maximum absolute atomic E-state index is 11.8. The zero-order chi connectivity index (χ0) is 13.4. The normalized spacial score (nSPS) is 22.3. The van der Waals surface area contributed by atoms with Crippen molar-refractivity contribution in [3.05, 3.63) is 0 Å². The van der Waals surface area contributed by atoms with Gasteiger partial charge in [-0.25, -0.2) is 0 Å². The molecule has 1 N–H and O–H groups in total. The van der Waals surface area contributed by atoms with E-state index in [0.29, 0.717) is 12.6 Å². The van der Waals surface area contributed by atoms with E-state index in [2.05, 4.69) is 17.1 Å². The third-order valence-corrected chi connectivity index (χ3v) is 4.02. The molecule has 0 bridgehead atoms. The number of alkyl halides is 3. The van der Waals surface area contributed by atoms with Gasteiger partial charge in [0, 0.05) is 18.3 Å². The topological polar surface area (TPSA) is 15.3 Å². The van der Waals surface area contributed by atoms with Crippen molar-refractivity contribution < 1.29 is 13.2 Å². The average Bonchev–Trinajstić information content (AvgIpc) is 2.28. The fraction of sp³-hybridized carbons (Fsp3) is 1.00. The Morgan fingerprint density at radius 1 is 1.28 bits per heavy atom. The zero-order valence-corrected chi connectivity index (χ0v) is 11.7. The van der Waals surface area contributed by atoms with Crippen LogP contribution in [0.25, 0.3) is 0 Å². The monoisotopic (exact) mass is 284 g/mol. The summed E-state index contributed by atoms with van der Waals surface area (Å²) in [6, 6.07) is 0.666. The first-order chi connectivity index (χ1) is 8.49. The van der Waals surface area contributed by atoms with Gasteiger partial charge in [0.1, 0.15) is 0 Å². The summed E-state index contributed by atoms with van der Waals surface area (Å²) in [5.74, 6) is 0.101. The van der Waals surface area contributed by atoms with Crippen LogP contribution in [0.4, 0.5) is 13.2 Å². The fourth-order valence-electron chi connectivity index (χ4n) is 2.26. The lowest BCUT2D eigenvalue weighted by Crippen LogP contribution is -2.39. The Labute approximate surface area is 112 Å². The van der Waals surface area contributed by atoms with Crippen molar-refractivity contribution in [1.29, 1.82) is 0 Å². The first kappa shape index (κ1) is 16.1. The van der Waals surface area contributed by atoms with Crippen LogP contribution < -0.4 is 5.32 Å². The molecule has 0 amide bonds. The standard InChI is InChI=1S/C12H23F3N2S/c1-11-5-2-3-8-17(11)9-4-6-16-7-10-18-12(13,14)15/h11,16H,2-10H2,1H3. The molecule has 0 radical (unpaired) electrons. The minimum Gasteiger partial charge on any atom is -0.316 e. The van der Waals surface area contributed by atoms with Crippen LogP contribution in [0.5, 0.6) is 0 Å². The van der Waals surface area contributed by atoms with Gasteiger partial charge in [-0.05, 0) is 57.6 Å². The van der Waals surface area contributed by atoms with Crippen molar-refractivity contribution in [3.63, 3.8) is 0 Å². The van der Waals surface area contributed by atoms with Crippen LogP contribution in [0.3, 0.4) is 0 Å². The molecule has 1 unspecified atom stereocenters. The molecule has 1 aliphatic rings. The van der Waals surface area contributed by atoms with Gasteiger partial charge in [-0.3, -0.25) is 0 Å². The van der Waals surface area contributed by atoms with Crippen molar-refractivity contribution in [3.8, 4) is 0 Å². The minimum atomic E-state index is -4.09. The molecule has 0 aromatic heterocycles. The van der Waals surface area contributed by atoms with Crippen LogP contribution in [0, 0.1) is 0 Å². The van der Waals surface area contributed by atoms with Crippen LogP contribution in [-0.4, -0.2) is 48.4 Å². The van der Waals surface area contributed by atoms with E-state index >= 15 is 0 Å². The smallest absolute Gasteiger partial charge is 0.316 e. The molecular formula is C12H23F3N2S. The van der Waals surface area contributed by atoms with Crippen molar-refractivity contribution in [2.75, 3.05) is 31.9 Å². The lowest BCUT2D eigenvalue weighted by atomic mass is 10.0. The Kier molecular flexibility index (Phi) is 7.41. The third-order valence-electron chi connectivity index (χ3n) is 3.28. The lowest BCUT2D eigenvalue weighted by molar-refractivity contribution is -0.0327. The predicted octanol–water partition coefficient (Wildman–Crippen LogP) is 3.09. The Morgan fingerprint density at radius 3 is 2.72 bits per heavy atom. The van der Waals surface area contributed by atoms with Crippen LogP contribution in [0.15, 0.2) is 0 Å². The summed E-state index contributed by atoms with van der Waals surface area (Å²) in [4.78, 5) is 2.48. The zero-order valence-electron chi connectivity index (χ0n) is 10.9. The van der Waals surface area contributed by atoms with Crippen LogP contribution in [-0.2, 0) is 0 Å². The number of rotatable bonds is 7. The average molecular weight is 284 g/mol. The van der Waals surface area contributed by atoms with Crippen molar-refractivity contribution in [2.45, 2.75) is 44.2 Å². The molecule has 1 atom stereocenters. The van der Waals surface area contributed by atoms with E-state index < -0.39 is 5.51 Å². The molecule has 0 aromatic carbocycles. The molecule has 1 heterocycles. The summed E-state index contributed by atoms with van der Waals surface area (Å²) < 4.78 is 35.5. The molecule has 6 heteroatoms. The predicted molar refractivity (Wildman–Crippen MR) is 70.9 cm³/mol. The van der Waals surface area contributed by atoms with Crippen LogP contribution in [0.2, 0.25) is 0 Å². The van der Waals surface area contributed by atoms with E-state index in [-0.39, 0.29) is 17.5 Å². The molecule has 0 spiro atoms. The van der Waals surface area contributed by atoms with Gasteiger partial charge in [0.25, 0.3) is 0 Å². The third kappa shape index (κ3) is 7.48. The number of piperidine rings is 1. The second-order valence-electron chi connectivity index (χ2n) is 4.78. The molecular weight excluding hydrogens is 261 g/mol. The van der Waals surface area contributed by atoms with Gasteiger partial charge >= 0.3 is 5.51 Å². The van der Waals surface area contributed by atoms with E-state index in [0.717, 1.165) is 19.5 Å². The van der Waals surface area contributed by atoms with E-state index in [1.165, 1.54) is 25.8 Å². The van der Waals surface area contributed by atoms with Gasteiger partial charge in [-0.1, -0.05) is 6.42 Å². The molecule has 108 valence electrons. The Balaban J connectivity index is 1.92. The molecule has 18 heavy (non-hydrogen) atoms. The van der Waals surface area contributed by atoms with Gasteiger partial charge < -0.3 is 10.2 Å². The van der Waals surface area contributed by atoms with E-state index in [4.69, 9.17) is 0 Å². The van der Waals surface area contributed by atoms with Gasteiger partial charge in [-0.2, -0.15) is 13.2 Å². The highest BCUT2D eigenvalue weighted by atomic mass is 32.2. The number of halogens is 3. The van der Waals surface area contributed by atoms with Crippen molar-refractivity contribution in [1.82, 2.24) is 10.2 Å². The fourth-order valence-corrected chi connectivity index (χ4v) is 2.74. The first-order valence-electron chi connectivity index (χ1n) is 6.64. The summed E-state index contributed by atoms with van der Waals surface area (Å²) in [5, 5.41) is 3.06. The number of hydrogen-bond acceptors (Lipinski definition) is 3. The van der Waals surface area contributed by atoms with Crippen LogP contribution in [0.1, 0.15) is 32.6 Å². The first-order valence-corrected chi connectivity index (χ1v) is 7.63. The number of thioether (sulfide) groups is 1. The van der Waals surface area contributed by atoms with E-state index in [1.807, 2.05) is 0 Å². The largest absolute Gasteiger partial charge is 0.441 e. The lowest BCUT2D eigenvalue weighted by Gasteiger charge is -2.33. The SMILES string of the molecule is CC1CCCCN1CCCNCCSC(F)(F)F. The summed E-state index contributed by atoms with van der Waals surface area (Å²) in [7, 11) is 0. The molecule has 1 rings (SSSR count). The quantitative estimate of drug-likeness (QED) is 0.723. The highest BCUT2D eigenvalue weighted by Crippen LogP contribution is 2.29. The summed E-state index contributed by atoms with van der Waals surface area (Å²) in [5.41, 5.74) is -4.09. The van der Waals surface area contributed by atoms with E-state index in [9.17, 15) is 13.2 Å². The Hall–Kier alpha value is 0.0600. The van der Waals surface area contributed by atoms with Crippen LogP contribution >= 0.6 is 11.8 Å². The Bertz CT molecular complexity index is 224.